The quantitative estimate of drug-likeness (QED) is 0.680. The molecule has 0 bridgehead atoms. The van der Waals surface area contributed by atoms with Crippen LogP contribution in [0.4, 0.5) is 4.79 Å². The molecule has 1 atom stereocenters. The van der Waals surface area contributed by atoms with Crippen molar-refractivity contribution in [1.82, 2.24) is 9.21 Å². The number of methoxy groups -OCH3 is 1. The molecule has 1 unspecified atom stereocenters. The lowest BCUT2D eigenvalue weighted by molar-refractivity contribution is -0.0283. The van der Waals surface area contributed by atoms with Crippen LogP contribution in [0.25, 0.3) is 0 Å². The number of hydrogen-bond donors (Lipinski definition) is 0. The zero-order valence-corrected chi connectivity index (χ0v) is 18.5. The summed E-state index contributed by atoms with van der Waals surface area (Å²) in [7, 11) is 3.18. The number of nitrogens with zero attached hydrogens (tertiary/aromatic N) is 2. The maximum absolute atomic E-state index is 13.0. The van der Waals surface area contributed by atoms with E-state index in [1.165, 1.54) is 43.9 Å². The highest BCUT2D eigenvalue weighted by Gasteiger charge is 2.60. The third kappa shape index (κ3) is 3.37. The minimum atomic E-state index is -0.931. The number of amides is 1. The van der Waals surface area contributed by atoms with Crippen LogP contribution in [-0.2, 0) is 16.1 Å². The summed E-state index contributed by atoms with van der Waals surface area (Å²) < 4.78 is 20.0. The highest BCUT2D eigenvalue weighted by molar-refractivity contribution is 7.89. The Labute approximate surface area is 177 Å². The Morgan fingerprint density at radius 1 is 1.17 bits per heavy atom. The van der Waals surface area contributed by atoms with Crippen molar-refractivity contribution in [1.29, 1.82) is 0 Å². The summed E-state index contributed by atoms with van der Waals surface area (Å²) >= 11 is -0.931. The molecule has 29 heavy (non-hydrogen) atoms. The van der Waals surface area contributed by atoms with Crippen molar-refractivity contribution in [2.24, 2.45) is 5.41 Å². The Morgan fingerprint density at radius 3 is 2.38 bits per heavy atom. The number of hydrogen-bond acceptors (Lipinski definition) is 4. The van der Waals surface area contributed by atoms with Crippen molar-refractivity contribution >= 4 is 17.5 Å². The fraction of sp³-hybridized carbons (Fsp3) is 0.696. The van der Waals surface area contributed by atoms with Gasteiger partial charge in [-0.05, 0) is 55.6 Å². The summed E-state index contributed by atoms with van der Waals surface area (Å²) in [5.74, 6) is 1.50. The van der Waals surface area contributed by atoms with Crippen molar-refractivity contribution in [2.75, 3.05) is 27.2 Å². The summed E-state index contributed by atoms with van der Waals surface area (Å²) in [5.41, 5.74) is 3.21. The van der Waals surface area contributed by atoms with E-state index in [0.717, 1.165) is 31.8 Å². The Morgan fingerprint density at radius 2 is 1.79 bits per heavy atom. The third-order valence-electron chi connectivity index (χ3n) is 7.95. The molecule has 1 amide bonds. The summed E-state index contributed by atoms with van der Waals surface area (Å²) in [6.45, 7) is 4.00. The summed E-state index contributed by atoms with van der Waals surface area (Å²) in [4.78, 5) is 13.4. The van der Waals surface area contributed by atoms with E-state index in [4.69, 9.17) is 4.74 Å². The standard InChI is InChI=1S/C23H32N2O3S/c1-22(24(2)21(26)28-3)12-20(13-22)29(27)25-14-23(15-25)10-19(11-23)18-6-4-5-17(9-18)16-7-8-16/h4-6,9,16,19-20H,7-8,10-15H2,1-3H3/t20-,22+,29?. The Hall–Kier alpha value is -1.24. The van der Waals surface area contributed by atoms with Gasteiger partial charge in [-0.1, -0.05) is 24.3 Å². The molecule has 0 radical (unpaired) electrons. The first-order valence-corrected chi connectivity index (χ1v) is 12.1. The molecule has 1 aromatic rings. The van der Waals surface area contributed by atoms with E-state index in [-0.39, 0.29) is 16.9 Å². The van der Waals surface area contributed by atoms with E-state index >= 15 is 0 Å². The van der Waals surface area contributed by atoms with Crippen molar-refractivity contribution in [3.05, 3.63) is 35.4 Å². The van der Waals surface area contributed by atoms with Gasteiger partial charge < -0.3 is 14.2 Å². The topological polar surface area (TPSA) is 55.8 Å². The predicted molar refractivity (Wildman–Crippen MR) is 114 cm³/mol. The molecule has 4 aliphatic rings. The van der Waals surface area contributed by atoms with Crippen LogP contribution in [0.1, 0.15) is 68.4 Å². The van der Waals surface area contributed by atoms with Crippen LogP contribution < -0.4 is 0 Å². The van der Waals surface area contributed by atoms with Crippen LogP contribution in [0.2, 0.25) is 0 Å². The van der Waals surface area contributed by atoms with Crippen molar-refractivity contribution in [2.45, 2.75) is 68.1 Å². The van der Waals surface area contributed by atoms with Gasteiger partial charge in [0.15, 0.2) is 0 Å². The second-order valence-corrected chi connectivity index (χ2v) is 11.9. The van der Waals surface area contributed by atoms with Gasteiger partial charge in [0, 0.05) is 36.7 Å². The molecule has 3 saturated carbocycles. The molecule has 0 aromatic heterocycles. The van der Waals surface area contributed by atoms with Crippen LogP contribution in [0.3, 0.4) is 0 Å². The zero-order chi connectivity index (χ0) is 20.4. The zero-order valence-electron chi connectivity index (χ0n) is 17.7. The smallest absolute Gasteiger partial charge is 0.409 e. The van der Waals surface area contributed by atoms with Crippen LogP contribution in [-0.4, -0.2) is 57.9 Å². The first kappa shape index (κ1) is 19.7. The monoisotopic (exact) mass is 416 g/mol. The fourth-order valence-electron chi connectivity index (χ4n) is 5.70. The van der Waals surface area contributed by atoms with E-state index in [1.54, 1.807) is 11.9 Å². The molecule has 1 heterocycles. The first-order valence-electron chi connectivity index (χ1n) is 10.9. The van der Waals surface area contributed by atoms with Gasteiger partial charge in [-0.25, -0.2) is 4.79 Å². The lowest BCUT2D eigenvalue weighted by atomic mass is 9.57. The van der Waals surface area contributed by atoms with E-state index in [0.29, 0.717) is 11.3 Å². The lowest BCUT2D eigenvalue weighted by Gasteiger charge is -2.59. The van der Waals surface area contributed by atoms with Gasteiger partial charge in [-0.3, -0.25) is 0 Å². The molecule has 5 rings (SSSR count). The maximum Gasteiger partial charge on any atom is 0.409 e. The number of ether oxygens (including phenoxy) is 1. The normalized spacial score (nSPS) is 32.1. The molecular formula is C23H32N2O3S. The average Bonchev–Trinajstić information content (AvgIpc) is 3.47. The molecule has 5 nitrogen and oxygen atoms in total. The average molecular weight is 417 g/mol. The van der Waals surface area contributed by atoms with Gasteiger partial charge >= 0.3 is 6.09 Å². The first-order chi connectivity index (χ1) is 13.8. The Bertz CT molecular complexity index is 791. The van der Waals surface area contributed by atoms with Crippen LogP contribution in [0.15, 0.2) is 24.3 Å². The number of carbonyl (C=O) groups excluding carboxylic acids is 1. The molecule has 158 valence electrons. The molecule has 1 aromatic carbocycles. The number of benzene rings is 1. The SMILES string of the molecule is COC(=O)N(C)[C@]1(C)C[C@H]([S+]([O-])N2CC3(CC(c4cccc(C5CC5)c4)C3)C2)C1. The minimum absolute atomic E-state index is 0.163. The second kappa shape index (κ2) is 6.89. The Kier molecular flexibility index (Phi) is 4.68. The van der Waals surface area contributed by atoms with Crippen molar-refractivity contribution < 1.29 is 14.1 Å². The van der Waals surface area contributed by atoms with Gasteiger partial charge in [0.2, 0.25) is 0 Å². The van der Waals surface area contributed by atoms with Crippen LogP contribution in [0.5, 0.6) is 0 Å². The molecule has 4 fully saturated rings. The molecular weight excluding hydrogens is 384 g/mol. The molecule has 3 aliphatic carbocycles. The fourth-order valence-corrected chi connectivity index (χ4v) is 7.93. The molecule has 1 spiro atoms. The summed E-state index contributed by atoms with van der Waals surface area (Å²) in [6, 6.07) is 9.25. The number of rotatable bonds is 5. The highest BCUT2D eigenvalue weighted by atomic mass is 32.2. The van der Waals surface area contributed by atoms with Crippen LogP contribution >= 0.6 is 0 Å². The van der Waals surface area contributed by atoms with Crippen molar-refractivity contribution in [3.8, 4) is 0 Å². The van der Waals surface area contributed by atoms with E-state index in [9.17, 15) is 9.35 Å². The number of carbonyl (C=O) groups is 1. The molecule has 1 saturated heterocycles. The molecule has 6 heteroatoms. The maximum atomic E-state index is 13.0. The molecule has 1 aliphatic heterocycles. The predicted octanol–water partition coefficient (Wildman–Crippen LogP) is 4.03. The lowest BCUT2D eigenvalue weighted by Crippen LogP contribution is -2.67. The largest absolute Gasteiger partial charge is 0.598 e. The van der Waals surface area contributed by atoms with E-state index < -0.39 is 11.4 Å². The highest BCUT2D eigenvalue weighted by Crippen LogP contribution is 2.58. The second-order valence-electron chi connectivity index (χ2n) is 10.2. The van der Waals surface area contributed by atoms with Gasteiger partial charge in [-0.15, -0.1) is 4.31 Å². The van der Waals surface area contributed by atoms with Gasteiger partial charge in [-0.2, -0.15) is 0 Å². The van der Waals surface area contributed by atoms with Crippen molar-refractivity contribution in [3.63, 3.8) is 0 Å². The minimum Gasteiger partial charge on any atom is -0.598 e. The third-order valence-corrected chi connectivity index (χ3v) is 9.62. The van der Waals surface area contributed by atoms with E-state index in [2.05, 4.69) is 35.5 Å². The molecule has 0 N–H and O–H groups in total. The summed E-state index contributed by atoms with van der Waals surface area (Å²) in [6.07, 6.45) is 6.44. The summed E-state index contributed by atoms with van der Waals surface area (Å²) in [5, 5.41) is 0.163. The Balaban J connectivity index is 1.10. The van der Waals surface area contributed by atoms with Gasteiger partial charge in [0.1, 0.15) is 5.25 Å². The van der Waals surface area contributed by atoms with Gasteiger partial charge in [0.25, 0.3) is 0 Å². The van der Waals surface area contributed by atoms with Gasteiger partial charge in [0.05, 0.1) is 25.7 Å². The van der Waals surface area contributed by atoms with E-state index in [1.807, 2.05) is 0 Å². The van der Waals surface area contributed by atoms with Crippen LogP contribution in [0, 0.1) is 5.41 Å².